The first-order chi connectivity index (χ1) is 6.69. The average molecular weight is 194 g/mol. The molecule has 1 rings (SSSR count). The second-order valence-electron chi connectivity index (χ2n) is 3.03. The van der Waals surface area contributed by atoms with Gasteiger partial charge in [-0.15, -0.1) is 0 Å². The molecule has 1 aromatic rings. The summed E-state index contributed by atoms with van der Waals surface area (Å²) in [7, 11) is 1.53. The van der Waals surface area contributed by atoms with E-state index < -0.39 is 0 Å². The van der Waals surface area contributed by atoms with Gasteiger partial charge >= 0.3 is 0 Å². The Morgan fingerprint density at radius 2 is 2.29 bits per heavy atom. The van der Waals surface area contributed by atoms with Crippen LogP contribution >= 0.6 is 0 Å². The van der Waals surface area contributed by atoms with E-state index in [0.29, 0.717) is 18.0 Å². The number of rotatable bonds is 4. The molecule has 1 unspecified atom stereocenters. The van der Waals surface area contributed by atoms with Gasteiger partial charge in [0.2, 0.25) is 5.88 Å². The lowest BCUT2D eigenvalue weighted by Crippen LogP contribution is -2.10. The molecule has 1 atom stereocenters. The molecule has 0 saturated carbocycles. The molecule has 0 aliphatic rings. The van der Waals surface area contributed by atoms with Crippen molar-refractivity contribution in [1.82, 2.24) is 9.97 Å². The number of aromatic nitrogens is 2. The number of ketones is 1. The summed E-state index contributed by atoms with van der Waals surface area (Å²) in [5.74, 6) is 0.397. The average Bonchev–Trinajstić information content (AvgIpc) is 2.27. The zero-order valence-corrected chi connectivity index (χ0v) is 8.65. The van der Waals surface area contributed by atoms with Gasteiger partial charge in [-0.25, -0.2) is 4.98 Å². The Morgan fingerprint density at radius 3 is 2.86 bits per heavy atom. The second kappa shape index (κ2) is 4.69. The molecule has 0 aliphatic heterocycles. The number of hydrogen-bond donors (Lipinski definition) is 0. The van der Waals surface area contributed by atoms with Gasteiger partial charge < -0.3 is 4.74 Å². The van der Waals surface area contributed by atoms with Gasteiger partial charge in [-0.2, -0.15) is 0 Å². The predicted molar refractivity (Wildman–Crippen MR) is 52.3 cm³/mol. The van der Waals surface area contributed by atoms with E-state index in [9.17, 15) is 4.79 Å². The Hall–Kier alpha value is -1.45. The zero-order valence-electron chi connectivity index (χ0n) is 8.65. The summed E-state index contributed by atoms with van der Waals surface area (Å²) in [6.07, 6.45) is 3.63. The summed E-state index contributed by atoms with van der Waals surface area (Å²) in [5, 5.41) is 0. The van der Waals surface area contributed by atoms with Gasteiger partial charge in [0, 0.05) is 12.6 Å². The van der Waals surface area contributed by atoms with E-state index in [2.05, 4.69) is 9.97 Å². The van der Waals surface area contributed by atoms with Crippen molar-refractivity contribution in [2.24, 2.45) is 0 Å². The number of carbonyl (C=O) groups is 1. The van der Waals surface area contributed by atoms with E-state index in [1.165, 1.54) is 13.3 Å². The smallest absolute Gasteiger partial charge is 0.232 e. The Morgan fingerprint density at radius 1 is 1.57 bits per heavy atom. The highest BCUT2D eigenvalue weighted by Crippen LogP contribution is 2.16. The van der Waals surface area contributed by atoms with Crippen molar-refractivity contribution in [3.05, 3.63) is 18.1 Å². The Kier molecular flexibility index (Phi) is 3.56. The molecule has 0 fully saturated rings. The van der Waals surface area contributed by atoms with Crippen LogP contribution in [0.25, 0.3) is 0 Å². The van der Waals surface area contributed by atoms with Gasteiger partial charge in [-0.1, -0.05) is 6.92 Å². The number of nitrogens with zero attached hydrogens (tertiary/aromatic N) is 2. The minimum atomic E-state index is -0.206. The Labute approximate surface area is 83.3 Å². The minimum Gasteiger partial charge on any atom is -0.480 e. The third kappa shape index (κ3) is 2.28. The maximum Gasteiger partial charge on any atom is 0.232 e. The highest BCUT2D eigenvalue weighted by molar-refractivity contribution is 5.84. The van der Waals surface area contributed by atoms with Crippen LogP contribution in [0.15, 0.2) is 12.4 Å². The zero-order chi connectivity index (χ0) is 10.6. The highest BCUT2D eigenvalue weighted by Gasteiger charge is 2.15. The molecule has 0 radical (unpaired) electrons. The number of hydrogen-bond acceptors (Lipinski definition) is 4. The SMILES string of the molecule is CCC(=O)C(C)c1cncc(OC)n1. The molecule has 0 bridgehead atoms. The van der Waals surface area contributed by atoms with Crippen molar-refractivity contribution in [3.63, 3.8) is 0 Å². The van der Waals surface area contributed by atoms with Crippen molar-refractivity contribution in [3.8, 4) is 5.88 Å². The fourth-order valence-electron chi connectivity index (χ4n) is 1.14. The quantitative estimate of drug-likeness (QED) is 0.730. The Balaban J connectivity index is 2.89. The summed E-state index contributed by atoms with van der Waals surface area (Å²) in [4.78, 5) is 19.5. The summed E-state index contributed by atoms with van der Waals surface area (Å²) >= 11 is 0. The van der Waals surface area contributed by atoms with Gasteiger partial charge in [0.25, 0.3) is 0 Å². The first-order valence-electron chi connectivity index (χ1n) is 4.57. The van der Waals surface area contributed by atoms with Gasteiger partial charge in [-0.3, -0.25) is 9.78 Å². The fourth-order valence-corrected chi connectivity index (χ4v) is 1.14. The van der Waals surface area contributed by atoms with Crippen molar-refractivity contribution >= 4 is 5.78 Å². The van der Waals surface area contributed by atoms with Crippen LogP contribution in [0.4, 0.5) is 0 Å². The predicted octanol–water partition coefficient (Wildman–Crippen LogP) is 1.57. The normalized spacial score (nSPS) is 12.2. The van der Waals surface area contributed by atoms with Gasteiger partial charge in [0.15, 0.2) is 0 Å². The van der Waals surface area contributed by atoms with Crippen LogP contribution in [0.2, 0.25) is 0 Å². The van der Waals surface area contributed by atoms with Crippen LogP contribution in [0.3, 0.4) is 0 Å². The summed E-state index contributed by atoms with van der Waals surface area (Å²) < 4.78 is 4.93. The van der Waals surface area contributed by atoms with Crippen LogP contribution in [0, 0.1) is 0 Å². The molecule has 1 heterocycles. The van der Waals surface area contributed by atoms with E-state index >= 15 is 0 Å². The molecule has 14 heavy (non-hydrogen) atoms. The molecule has 4 nitrogen and oxygen atoms in total. The molecule has 0 amide bonds. The molecular formula is C10H14N2O2. The molecule has 0 saturated heterocycles. The summed E-state index contributed by atoms with van der Waals surface area (Å²) in [6, 6.07) is 0. The molecule has 0 aliphatic carbocycles. The van der Waals surface area contributed by atoms with E-state index in [-0.39, 0.29) is 11.7 Å². The first kappa shape index (κ1) is 10.6. The van der Waals surface area contributed by atoms with Crippen LogP contribution in [0.1, 0.15) is 31.9 Å². The lowest BCUT2D eigenvalue weighted by atomic mass is 10.0. The van der Waals surface area contributed by atoms with E-state index in [4.69, 9.17) is 4.74 Å². The van der Waals surface area contributed by atoms with E-state index in [0.717, 1.165) is 0 Å². The molecule has 1 aromatic heterocycles. The number of Topliss-reactive ketones (excluding diaryl/α,β-unsaturated/α-hetero) is 1. The van der Waals surface area contributed by atoms with Crippen molar-refractivity contribution in [1.29, 1.82) is 0 Å². The molecule has 4 heteroatoms. The van der Waals surface area contributed by atoms with E-state index in [1.54, 1.807) is 6.20 Å². The third-order valence-electron chi connectivity index (χ3n) is 2.12. The molecule has 0 aromatic carbocycles. The largest absolute Gasteiger partial charge is 0.480 e. The first-order valence-corrected chi connectivity index (χ1v) is 4.57. The van der Waals surface area contributed by atoms with Crippen LogP contribution in [-0.4, -0.2) is 22.9 Å². The molecule has 0 N–H and O–H groups in total. The van der Waals surface area contributed by atoms with Gasteiger partial charge in [0.1, 0.15) is 5.78 Å². The van der Waals surface area contributed by atoms with Crippen molar-refractivity contribution in [2.45, 2.75) is 26.2 Å². The Bertz CT molecular complexity index is 326. The molecule has 0 spiro atoms. The van der Waals surface area contributed by atoms with Gasteiger partial charge in [-0.05, 0) is 6.92 Å². The lowest BCUT2D eigenvalue weighted by Gasteiger charge is -2.08. The lowest BCUT2D eigenvalue weighted by molar-refractivity contribution is -0.119. The van der Waals surface area contributed by atoms with Crippen molar-refractivity contribution < 1.29 is 9.53 Å². The van der Waals surface area contributed by atoms with Gasteiger partial charge in [0.05, 0.1) is 24.9 Å². The monoisotopic (exact) mass is 194 g/mol. The summed E-state index contributed by atoms with van der Waals surface area (Å²) in [5.41, 5.74) is 0.663. The van der Waals surface area contributed by atoms with Crippen molar-refractivity contribution in [2.75, 3.05) is 7.11 Å². The highest BCUT2D eigenvalue weighted by atomic mass is 16.5. The topological polar surface area (TPSA) is 52.1 Å². The number of ether oxygens (including phenoxy) is 1. The maximum atomic E-state index is 11.4. The standard InChI is InChI=1S/C10H14N2O2/c1-4-9(13)7(2)8-5-11-6-10(12-8)14-3/h5-7H,4H2,1-3H3. The number of methoxy groups -OCH3 is 1. The van der Waals surface area contributed by atoms with Crippen LogP contribution < -0.4 is 4.74 Å². The minimum absolute atomic E-state index is 0.160. The maximum absolute atomic E-state index is 11.4. The summed E-state index contributed by atoms with van der Waals surface area (Å²) in [6.45, 7) is 3.67. The van der Waals surface area contributed by atoms with E-state index in [1.807, 2.05) is 13.8 Å². The molecular weight excluding hydrogens is 180 g/mol. The number of carbonyl (C=O) groups excluding carboxylic acids is 1. The van der Waals surface area contributed by atoms with Crippen LogP contribution in [0.5, 0.6) is 5.88 Å². The molecule has 76 valence electrons. The second-order valence-corrected chi connectivity index (χ2v) is 3.03. The fraction of sp³-hybridized carbons (Fsp3) is 0.500. The van der Waals surface area contributed by atoms with Crippen LogP contribution in [-0.2, 0) is 4.79 Å². The third-order valence-corrected chi connectivity index (χ3v) is 2.12.